The molecule has 0 aromatic carbocycles. The molecule has 0 saturated heterocycles. The molecule has 0 fully saturated rings. The fourth-order valence-electron chi connectivity index (χ4n) is 1.46. The van der Waals surface area contributed by atoms with Crippen LogP contribution in [0, 0.1) is 6.92 Å². The summed E-state index contributed by atoms with van der Waals surface area (Å²) in [6, 6.07) is 5.93. The first kappa shape index (κ1) is 12.1. The summed E-state index contributed by atoms with van der Waals surface area (Å²) in [5.41, 5.74) is 1.36. The Kier molecular flexibility index (Phi) is 4.53. The van der Waals surface area contributed by atoms with Gasteiger partial charge in [-0.3, -0.25) is 4.98 Å². The van der Waals surface area contributed by atoms with Gasteiger partial charge in [-0.15, -0.1) is 11.3 Å². The molecule has 0 spiro atoms. The zero-order chi connectivity index (χ0) is 11.9. The van der Waals surface area contributed by atoms with E-state index in [-0.39, 0.29) is 0 Å². The lowest BCUT2D eigenvalue weighted by Crippen LogP contribution is -2.20. The third-order valence-corrected chi connectivity index (χ3v) is 3.46. The molecule has 0 unspecified atom stereocenters. The van der Waals surface area contributed by atoms with Crippen LogP contribution >= 0.6 is 11.3 Å². The van der Waals surface area contributed by atoms with Crippen LogP contribution in [0.5, 0.6) is 5.75 Å². The normalized spacial score (nSPS) is 10.4. The molecule has 0 saturated carbocycles. The Labute approximate surface area is 105 Å². The highest BCUT2D eigenvalue weighted by molar-refractivity contribution is 7.10. The number of nitrogens with zero attached hydrogens (tertiary/aromatic N) is 1. The van der Waals surface area contributed by atoms with Crippen LogP contribution in [0.2, 0.25) is 0 Å². The van der Waals surface area contributed by atoms with Crippen molar-refractivity contribution in [3.8, 4) is 5.75 Å². The van der Waals surface area contributed by atoms with E-state index in [1.54, 1.807) is 23.7 Å². The van der Waals surface area contributed by atoms with Crippen LogP contribution in [0.1, 0.15) is 10.4 Å². The Hall–Kier alpha value is -1.39. The van der Waals surface area contributed by atoms with E-state index in [0.717, 1.165) is 18.8 Å². The average molecular weight is 248 g/mol. The van der Waals surface area contributed by atoms with Crippen LogP contribution in [-0.4, -0.2) is 18.1 Å². The van der Waals surface area contributed by atoms with E-state index >= 15 is 0 Å². The summed E-state index contributed by atoms with van der Waals surface area (Å²) in [6.45, 7) is 4.56. The van der Waals surface area contributed by atoms with Gasteiger partial charge in [-0.1, -0.05) is 0 Å². The molecule has 2 aromatic rings. The van der Waals surface area contributed by atoms with Gasteiger partial charge in [0, 0.05) is 24.2 Å². The number of aryl methyl sites for hydroxylation is 1. The molecule has 2 rings (SSSR count). The van der Waals surface area contributed by atoms with Crippen molar-refractivity contribution in [1.82, 2.24) is 10.3 Å². The third-order valence-electron chi connectivity index (χ3n) is 2.44. The first-order valence-electron chi connectivity index (χ1n) is 5.63. The van der Waals surface area contributed by atoms with Crippen LogP contribution in [0.15, 0.2) is 36.0 Å². The van der Waals surface area contributed by atoms with Gasteiger partial charge in [0.1, 0.15) is 12.4 Å². The Balaban J connectivity index is 1.63. The fourth-order valence-corrected chi connectivity index (χ4v) is 2.34. The van der Waals surface area contributed by atoms with Gasteiger partial charge < -0.3 is 10.1 Å². The van der Waals surface area contributed by atoms with Gasteiger partial charge in [0.15, 0.2) is 0 Å². The van der Waals surface area contributed by atoms with Gasteiger partial charge in [-0.05, 0) is 36.1 Å². The van der Waals surface area contributed by atoms with Crippen molar-refractivity contribution in [1.29, 1.82) is 0 Å². The molecular formula is C13H16N2OS. The molecule has 2 aromatic heterocycles. The van der Waals surface area contributed by atoms with Gasteiger partial charge in [-0.25, -0.2) is 0 Å². The molecule has 0 aliphatic carbocycles. The van der Waals surface area contributed by atoms with Gasteiger partial charge in [0.2, 0.25) is 0 Å². The first-order valence-corrected chi connectivity index (χ1v) is 6.51. The second-order valence-corrected chi connectivity index (χ2v) is 4.74. The summed E-state index contributed by atoms with van der Waals surface area (Å²) in [5, 5.41) is 5.49. The standard InChI is InChI=1S/C13H16N2OS/c1-11-4-8-17-13(11)10-15-6-7-16-12-3-2-5-14-9-12/h2-5,8-9,15H,6-7,10H2,1H3. The zero-order valence-electron chi connectivity index (χ0n) is 9.85. The van der Waals surface area contributed by atoms with E-state index in [1.165, 1.54) is 10.4 Å². The lowest BCUT2D eigenvalue weighted by molar-refractivity contribution is 0.312. The minimum atomic E-state index is 0.663. The molecule has 17 heavy (non-hydrogen) atoms. The zero-order valence-corrected chi connectivity index (χ0v) is 10.7. The van der Waals surface area contributed by atoms with E-state index in [0.29, 0.717) is 6.61 Å². The molecule has 0 aliphatic heterocycles. The Bertz CT molecular complexity index is 442. The second-order valence-electron chi connectivity index (χ2n) is 3.74. The molecule has 0 amide bonds. The first-order chi connectivity index (χ1) is 8.36. The van der Waals surface area contributed by atoms with E-state index in [4.69, 9.17) is 4.74 Å². The van der Waals surface area contributed by atoms with Gasteiger partial charge >= 0.3 is 0 Å². The van der Waals surface area contributed by atoms with Crippen LogP contribution < -0.4 is 10.1 Å². The van der Waals surface area contributed by atoms with Crippen LogP contribution in [0.25, 0.3) is 0 Å². The van der Waals surface area contributed by atoms with Crippen molar-refractivity contribution in [2.24, 2.45) is 0 Å². The summed E-state index contributed by atoms with van der Waals surface area (Å²) in [6.07, 6.45) is 3.47. The minimum Gasteiger partial charge on any atom is -0.491 e. The maximum Gasteiger partial charge on any atom is 0.137 e. The largest absolute Gasteiger partial charge is 0.491 e. The number of thiophene rings is 1. The summed E-state index contributed by atoms with van der Waals surface area (Å²) in [4.78, 5) is 5.39. The van der Waals surface area contributed by atoms with Gasteiger partial charge in [0.05, 0.1) is 6.20 Å². The average Bonchev–Trinajstić information content (AvgIpc) is 2.76. The topological polar surface area (TPSA) is 34.1 Å². The highest BCUT2D eigenvalue weighted by Gasteiger charge is 1.98. The maximum absolute atomic E-state index is 5.53. The van der Waals surface area contributed by atoms with E-state index in [1.807, 2.05) is 12.1 Å². The molecule has 0 aliphatic rings. The highest BCUT2D eigenvalue weighted by Crippen LogP contribution is 2.14. The Morgan fingerprint density at radius 1 is 1.41 bits per heavy atom. The summed E-state index contributed by atoms with van der Waals surface area (Å²) in [7, 11) is 0. The van der Waals surface area contributed by atoms with Crippen molar-refractivity contribution in [2.45, 2.75) is 13.5 Å². The Morgan fingerprint density at radius 3 is 3.06 bits per heavy atom. The summed E-state index contributed by atoms with van der Waals surface area (Å²) in [5.74, 6) is 0.821. The molecule has 0 atom stereocenters. The third kappa shape index (κ3) is 3.84. The molecular weight excluding hydrogens is 232 g/mol. The van der Waals surface area contributed by atoms with Crippen molar-refractivity contribution in [3.63, 3.8) is 0 Å². The predicted octanol–water partition coefficient (Wildman–Crippen LogP) is 2.62. The second kappa shape index (κ2) is 6.37. The number of ether oxygens (including phenoxy) is 1. The number of pyridine rings is 1. The number of nitrogens with one attached hydrogen (secondary N) is 1. The van der Waals surface area contributed by atoms with Crippen molar-refractivity contribution >= 4 is 11.3 Å². The monoisotopic (exact) mass is 248 g/mol. The quantitative estimate of drug-likeness (QED) is 0.798. The van der Waals surface area contributed by atoms with Gasteiger partial charge in [-0.2, -0.15) is 0 Å². The van der Waals surface area contributed by atoms with E-state index < -0.39 is 0 Å². The molecule has 1 N–H and O–H groups in total. The summed E-state index contributed by atoms with van der Waals surface area (Å²) < 4.78 is 5.53. The van der Waals surface area contributed by atoms with Crippen molar-refractivity contribution in [2.75, 3.05) is 13.2 Å². The number of hydrogen-bond acceptors (Lipinski definition) is 4. The number of aromatic nitrogens is 1. The van der Waals surface area contributed by atoms with Crippen molar-refractivity contribution < 1.29 is 4.74 Å². The molecule has 90 valence electrons. The Morgan fingerprint density at radius 2 is 2.35 bits per heavy atom. The van der Waals surface area contributed by atoms with E-state index in [9.17, 15) is 0 Å². The molecule has 2 heterocycles. The lowest BCUT2D eigenvalue weighted by atomic mass is 10.3. The minimum absolute atomic E-state index is 0.663. The number of rotatable bonds is 6. The van der Waals surface area contributed by atoms with Crippen LogP contribution in [0.4, 0.5) is 0 Å². The SMILES string of the molecule is Cc1ccsc1CNCCOc1cccnc1. The van der Waals surface area contributed by atoms with Crippen LogP contribution in [-0.2, 0) is 6.54 Å². The molecule has 4 heteroatoms. The smallest absolute Gasteiger partial charge is 0.137 e. The highest BCUT2D eigenvalue weighted by atomic mass is 32.1. The molecule has 0 radical (unpaired) electrons. The van der Waals surface area contributed by atoms with E-state index in [2.05, 4.69) is 28.7 Å². The molecule has 0 bridgehead atoms. The molecule has 3 nitrogen and oxygen atoms in total. The van der Waals surface area contributed by atoms with Gasteiger partial charge in [0.25, 0.3) is 0 Å². The number of hydrogen-bond donors (Lipinski definition) is 1. The lowest BCUT2D eigenvalue weighted by Gasteiger charge is -2.06. The van der Waals surface area contributed by atoms with Crippen molar-refractivity contribution in [3.05, 3.63) is 46.4 Å². The summed E-state index contributed by atoms with van der Waals surface area (Å²) >= 11 is 1.79. The van der Waals surface area contributed by atoms with Crippen LogP contribution in [0.3, 0.4) is 0 Å². The predicted molar refractivity (Wildman–Crippen MR) is 70.5 cm³/mol. The fraction of sp³-hybridized carbons (Fsp3) is 0.308. The maximum atomic E-state index is 5.53.